The van der Waals surface area contributed by atoms with E-state index in [2.05, 4.69) is 47.4 Å². The molecular weight excluding hydrogens is 382 g/mol. The van der Waals surface area contributed by atoms with E-state index in [9.17, 15) is 0 Å². The zero-order valence-corrected chi connectivity index (χ0v) is 18.4. The molecule has 0 N–H and O–H groups in total. The molecule has 0 amide bonds. The first-order chi connectivity index (χ1) is 14.2. The van der Waals surface area contributed by atoms with Gasteiger partial charge in [-0.05, 0) is 37.6 Å². The Labute approximate surface area is 178 Å². The van der Waals surface area contributed by atoms with Crippen molar-refractivity contribution < 1.29 is 14.2 Å². The molecule has 2 aromatic carbocycles. The molecule has 0 unspecified atom stereocenters. The molecule has 0 aliphatic carbocycles. The number of thioether (sulfide) groups is 1. The van der Waals surface area contributed by atoms with Gasteiger partial charge in [0.2, 0.25) is 0 Å². The quantitative estimate of drug-likeness (QED) is 0.569. The van der Waals surface area contributed by atoms with Crippen LogP contribution in [-0.4, -0.2) is 51.1 Å². The number of benzene rings is 2. The molecule has 0 bridgehead atoms. The van der Waals surface area contributed by atoms with Gasteiger partial charge >= 0.3 is 0 Å². The SMILES string of the molecule is COc1cc(OC)c(OC)cc1CSC1CCN(CC=Cc2ccccc2)CC1. The molecule has 0 atom stereocenters. The zero-order chi connectivity index (χ0) is 20.5. The van der Waals surface area contributed by atoms with Crippen LogP contribution in [0.15, 0.2) is 48.5 Å². The van der Waals surface area contributed by atoms with Crippen LogP contribution in [0.5, 0.6) is 17.2 Å². The van der Waals surface area contributed by atoms with Gasteiger partial charge in [0.1, 0.15) is 5.75 Å². The summed E-state index contributed by atoms with van der Waals surface area (Å²) in [5.74, 6) is 3.24. The number of rotatable bonds is 9. The number of nitrogens with zero attached hydrogens (tertiary/aromatic N) is 1. The van der Waals surface area contributed by atoms with Crippen LogP contribution in [0.3, 0.4) is 0 Å². The Morgan fingerprint density at radius 1 is 0.931 bits per heavy atom. The third-order valence-electron chi connectivity index (χ3n) is 5.27. The van der Waals surface area contributed by atoms with Crippen LogP contribution in [0.4, 0.5) is 0 Å². The number of hydrogen-bond donors (Lipinski definition) is 0. The topological polar surface area (TPSA) is 30.9 Å². The molecule has 0 spiro atoms. The van der Waals surface area contributed by atoms with Gasteiger partial charge in [0, 0.05) is 29.2 Å². The minimum absolute atomic E-state index is 0.683. The van der Waals surface area contributed by atoms with Crippen LogP contribution in [0.1, 0.15) is 24.0 Å². The van der Waals surface area contributed by atoms with Gasteiger partial charge in [0.05, 0.1) is 21.3 Å². The van der Waals surface area contributed by atoms with Crippen molar-refractivity contribution in [3.63, 3.8) is 0 Å². The smallest absolute Gasteiger partial charge is 0.164 e. The number of piperidine rings is 1. The van der Waals surface area contributed by atoms with Crippen molar-refractivity contribution in [1.82, 2.24) is 4.90 Å². The Hall–Kier alpha value is -2.11. The van der Waals surface area contributed by atoms with Crippen molar-refractivity contribution in [2.24, 2.45) is 0 Å². The first kappa shape index (κ1) is 21.6. The van der Waals surface area contributed by atoms with E-state index in [0.29, 0.717) is 11.0 Å². The number of hydrogen-bond acceptors (Lipinski definition) is 5. The van der Waals surface area contributed by atoms with Crippen LogP contribution in [0, 0.1) is 0 Å². The molecule has 1 aliphatic heterocycles. The lowest BCUT2D eigenvalue weighted by atomic mass is 10.1. The summed E-state index contributed by atoms with van der Waals surface area (Å²) in [6, 6.07) is 14.4. The van der Waals surface area contributed by atoms with Crippen LogP contribution in [0.2, 0.25) is 0 Å². The van der Waals surface area contributed by atoms with E-state index in [4.69, 9.17) is 14.2 Å². The highest BCUT2D eigenvalue weighted by molar-refractivity contribution is 7.99. The van der Waals surface area contributed by atoms with E-state index in [1.54, 1.807) is 21.3 Å². The highest BCUT2D eigenvalue weighted by Gasteiger charge is 2.20. The Kier molecular flexibility index (Phi) is 8.32. The summed E-state index contributed by atoms with van der Waals surface area (Å²) in [6.07, 6.45) is 6.93. The van der Waals surface area contributed by atoms with Gasteiger partial charge in [0.15, 0.2) is 11.5 Å². The molecule has 1 fully saturated rings. The molecule has 5 heteroatoms. The first-order valence-corrected chi connectivity index (χ1v) is 11.1. The van der Waals surface area contributed by atoms with Crippen molar-refractivity contribution in [2.75, 3.05) is 41.0 Å². The molecule has 1 heterocycles. The fourth-order valence-corrected chi connectivity index (χ4v) is 4.76. The molecule has 0 aromatic heterocycles. The molecule has 3 rings (SSSR count). The van der Waals surface area contributed by atoms with E-state index >= 15 is 0 Å². The molecule has 29 heavy (non-hydrogen) atoms. The third kappa shape index (κ3) is 6.18. The van der Waals surface area contributed by atoms with Gasteiger partial charge in [-0.15, -0.1) is 0 Å². The molecule has 0 saturated carbocycles. The van der Waals surface area contributed by atoms with Gasteiger partial charge in [-0.2, -0.15) is 11.8 Å². The minimum Gasteiger partial charge on any atom is -0.496 e. The van der Waals surface area contributed by atoms with E-state index < -0.39 is 0 Å². The summed E-state index contributed by atoms with van der Waals surface area (Å²) in [4.78, 5) is 2.54. The van der Waals surface area contributed by atoms with Crippen molar-refractivity contribution >= 4 is 17.8 Å². The summed E-state index contributed by atoms with van der Waals surface area (Å²) in [6.45, 7) is 3.33. The normalized spacial score (nSPS) is 15.6. The molecule has 0 radical (unpaired) electrons. The van der Waals surface area contributed by atoms with E-state index in [1.165, 1.54) is 18.4 Å². The standard InChI is InChI=1S/C24H31NO3S/c1-26-22-17-24(28-3)23(27-2)16-20(22)18-29-21-11-14-25(15-12-21)13-7-10-19-8-5-4-6-9-19/h4-10,16-17,21H,11-15,18H2,1-3H3. The Balaban J connectivity index is 1.47. The van der Waals surface area contributed by atoms with E-state index in [-0.39, 0.29) is 0 Å². The lowest BCUT2D eigenvalue weighted by Gasteiger charge is -2.31. The van der Waals surface area contributed by atoms with Crippen molar-refractivity contribution in [3.8, 4) is 17.2 Å². The fraction of sp³-hybridized carbons (Fsp3) is 0.417. The Morgan fingerprint density at radius 2 is 1.59 bits per heavy atom. The monoisotopic (exact) mass is 413 g/mol. The summed E-state index contributed by atoms with van der Waals surface area (Å²) >= 11 is 2.01. The second-order valence-corrected chi connectivity index (χ2v) is 8.43. The van der Waals surface area contributed by atoms with Gasteiger partial charge in [-0.3, -0.25) is 4.90 Å². The molecular formula is C24H31NO3S. The van der Waals surface area contributed by atoms with Gasteiger partial charge in [-0.1, -0.05) is 42.5 Å². The lowest BCUT2D eigenvalue weighted by Crippen LogP contribution is -2.34. The number of methoxy groups -OCH3 is 3. The second-order valence-electron chi connectivity index (χ2n) is 7.14. The van der Waals surface area contributed by atoms with Crippen LogP contribution < -0.4 is 14.2 Å². The minimum atomic E-state index is 0.683. The summed E-state index contributed by atoms with van der Waals surface area (Å²) in [7, 11) is 5.02. The predicted molar refractivity (Wildman–Crippen MR) is 122 cm³/mol. The van der Waals surface area contributed by atoms with Crippen LogP contribution in [-0.2, 0) is 5.75 Å². The van der Waals surface area contributed by atoms with Gasteiger partial charge < -0.3 is 14.2 Å². The lowest BCUT2D eigenvalue weighted by molar-refractivity contribution is 0.256. The average molecular weight is 414 g/mol. The van der Waals surface area contributed by atoms with Gasteiger partial charge in [0.25, 0.3) is 0 Å². The molecule has 2 aromatic rings. The maximum atomic E-state index is 5.56. The maximum absolute atomic E-state index is 5.56. The van der Waals surface area contributed by atoms with Gasteiger partial charge in [-0.25, -0.2) is 0 Å². The molecule has 1 aliphatic rings. The molecule has 4 nitrogen and oxygen atoms in total. The van der Waals surface area contributed by atoms with Crippen molar-refractivity contribution in [3.05, 3.63) is 59.7 Å². The van der Waals surface area contributed by atoms with Crippen LogP contribution >= 0.6 is 11.8 Å². The fourth-order valence-electron chi connectivity index (χ4n) is 3.57. The largest absolute Gasteiger partial charge is 0.496 e. The predicted octanol–water partition coefficient (Wildman–Crippen LogP) is 5.12. The van der Waals surface area contributed by atoms with E-state index in [0.717, 1.165) is 42.4 Å². The zero-order valence-electron chi connectivity index (χ0n) is 17.6. The maximum Gasteiger partial charge on any atom is 0.164 e. The van der Waals surface area contributed by atoms with Crippen LogP contribution in [0.25, 0.3) is 6.08 Å². The third-order valence-corrected chi connectivity index (χ3v) is 6.69. The van der Waals surface area contributed by atoms with Crippen molar-refractivity contribution in [1.29, 1.82) is 0 Å². The Morgan fingerprint density at radius 3 is 2.24 bits per heavy atom. The highest BCUT2D eigenvalue weighted by atomic mass is 32.2. The molecule has 1 saturated heterocycles. The molecule has 156 valence electrons. The van der Waals surface area contributed by atoms with Crippen molar-refractivity contribution in [2.45, 2.75) is 23.8 Å². The summed E-state index contributed by atoms with van der Waals surface area (Å²) in [5.41, 5.74) is 2.42. The summed E-state index contributed by atoms with van der Waals surface area (Å²) in [5, 5.41) is 0.683. The highest BCUT2D eigenvalue weighted by Crippen LogP contribution is 2.37. The number of likely N-dealkylation sites (tertiary alicyclic amines) is 1. The first-order valence-electron chi connectivity index (χ1n) is 10.1. The average Bonchev–Trinajstić information content (AvgIpc) is 2.78. The number of ether oxygens (including phenoxy) is 3. The summed E-state index contributed by atoms with van der Waals surface area (Å²) < 4.78 is 16.4. The second kappa shape index (κ2) is 11.2. The Bertz CT molecular complexity index is 786. The van der Waals surface area contributed by atoms with E-state index in [1.807, 2.05) is 23.9 Å².